The first-order valence-electron chi connectivity index (χ1n) is 14.8. The van der Waals surface area contributed by atoms with Gasteiger partial charge in [-0.05, 0) is 103 Å². The maximum Gasteiger partial charge on any atom is 0.340 e. The van der Waals surface area contributed by atoms with Gasteiger partial charge in [-0.25, -0.2) is 9.59 Å². The maximum atomic E-state index is 12.1. The molecule has 228 valence electrons. The van der Waals surface area contributed by atoms with Crippen molar-refractivity contribution in [1.82, 2.24) is 20.7 Å². The third-order valence-electron chi connectivity index (χ3n) is 8.66. The van der Waals surface area contributed by atoms with Crippen LogP contribution in [-0.4, -0.2) is 91.1 Å². The van der Waals surface area contributed by atoms with Crippen LogP contribution in [0.25, 0.3) is 0 Å². The van der Waals surface area contributed by atoms with Gasteiger partial charge in [0.2, 0.25) is 0 Å². The van der Waals surface area contributed by atoms with Gasteiger partial charge in [0.1, 0.15) is 0 Å². The Bertz CT molecular complexity index is 739. The fraction of sp³-hybridized carbons (Fsp3) is 0.923. The molecule has 0 spiro atoms. The van der Waals surface area contributed by atoms with Gasteiger partial charge in [-0.1, -0.05) is 0 Å². The van der Waals surface area contributed by atoms with Crippen LogP contribution in [0, 0.1) is 9.81 Å². The Morgan fingerprint density at radius 3 is 0.975 bits per heavy atom. The number of amides is 4. The number of hydrogen-bond acceptors (Lipinski definition) is 10. The Balaban J connectivity index is 0.000000220. The summed E-state index contributed by atoms with van der Waals surface area (Å²) < 4.78 is 0. The lowest BCUT2D eigenvalue weighted by molar-refractivity contribution is 0.0811. The summed E-state index contributed by atoms with van der Waals surface area (Å²) in [7, 11) is 0. The van der Waals surface area contributed by atoms with Crippen molar-refractivity contribution in [1.29, 1.82) is 0 Å². The van der Waals surface area contributed by atoms with Crippen LogP contribution in [0.2, 0.25) is 0 Å². The minimum absolute atomic E-state index is 0.00401. The van der Waals surface area contributed by atoms with Crippen molar-refractivity contribution in [3.05, 3.63) is 9.81 Å². The topological polar surface area (TPSA) is 204 Å². The lowest BCUT2D eigenvalue weighted by Crippen LogP contribution is -2.48. The van der Waals surface area contributed by atoms with Crippen molar-refractivity contribution >= 4 is 12.1 Å². The molecule has 0 aromatic rings. The zero-order valence-corrected chi connectivity index (χ0v) is 23.1. The molecule has 6 N–H and O–H groups in total. The predicted molar refractivity (Wildman–Crippen MR) is 145 cm³/mol. The highest BCUT2D eigenvalue weighted by Gasteiger charge is 2.32. The normalized spacial score (nSPS) is 34.3. The molecular weight excluding hydrogens is 524 g/mol. The number of nitrogens with one attached hydrogen (secondary N) is 2. The van der Waals surface area contributed by atoms with Gasteiger partial charge in [-0.2, -0.15) is 10.0 Å². The number of carbonyl (C=O) groups is 2. The van der Waals surface area contributed by atoms with Crippen molar-refractivity contribution < 1.29 is 30.0 Å². The number of rotatable bonds is 6. The highest BCUT2D eigenvalue weighted by Crippen LogP contribution is 2.26. The molecule has 40 heavy (non-hydrogen) atoms. The van der Waals surface area contributed by atoms with E-state index in [0.717, 1.165) is 35.7 Å². The lowest BCUT2D eigenvalue weighted by atomic mass is 9.92. The molecule has 14 heteroatoms. The highest BCUT2D eigenvalue weighted by molar-refractivity contribution is 5.75. The van der Waals surface area contributed by atoms with Gasteiger partial charge in [-0.15, -0.1) is 9.81 Å². The van der Waals surface area contributed by atoms with Crippen LogP contribution >= 0.6 is 0 Å². The lowest BCUT2D eigenvalue weighted by Gasteiger charge is -2.32. The van der Waals surface area contributed by atoms with Crippen LogP contribution in [0.4, 0.5) is 9.59 Å². The number of urea groups is 2. The van der Waals surface area contributed by atoms with Crippen LogP contribution in [0.3, 0.4) is 0 Å². The number of hydrogen-bond donors (Lipinski definition) is 6. The summed E-state index contributed by atoms with van der Waals surface area (Å²) in [4.78, 5) is 46.1. The van der Waals surface area contributed by atoms with Crippen LogP contribution < -0.4 is 10.6 Å². The standard InChI is InChI=1S/2C13H23N3O4/c2*17-11-5-1-9(2-6-11)14-13(19)16(15-20)10-3-7-12(18)8-4-10/h2*9-12,17-18H,1-8H2,(H,14,19). The fourth-order valence-corrected chi connectivity index (χ4v) is 6.07. The van der Waals surface area contributed by atoms with Gasteiger partial charge < -0.3 is 31.1 Å². The molecule has 4 aliphatic carbocycles. The number of carbonyl (C=O) groups excluding carboxylic acids is 2. The summed E-state index contributed by atoms with van der Waals surface area (Å²) in [6.07, 6.45) is 9.18. The van der Waals surface area contributed by atoms with Gasteiger partial charge in [0.15, 0.2) is 0 Å². The summed E-state index contributed by atoms with van der Waals surface area (Å²) in [5.74, 6) is 0. The van der Waals surface area contributed by atoms with Crippen molar-refractivity contribution in [2.75, 3.05) is 0 Å². The third-order valence-corrected chi connectivity index (χ3v) is 8.66. The van der Waals surface area contributed by atoms with Crippen LogP contribution in [0.1, 0.15) is 103 Å². The molecule has 0 saturated heterocycles. The van der Waals surface area contributed by atoms with Crippen molar-refractivity contribution in [2.24, 2.45) is 10.6 Å². The van der Waals surface area contributed by atoms with E-state index in [0.29, 0.717) is 77.0 Å². The first kappa shape index (κ1) is 32.1. The van der Waals surface area contributed by atoms with Gasteiger partial charge in [0.25, 0.3) is 0 Å². The molecule has 0 aromatic heterocycles. The number of aliphatic hydroxyl groups is 4. The average molecular weight is 571 g/mol. The molecular formula is C26H46N6O8. The second-order valence-corrected chi connectivity index (χ2v) is 11.7. The first-order valence-corrected chi connectivity index (χ1v) is 14.8. The number of nitroso groups, excluding NO2 is 2. The molecule has 0 radical (unpaired) electrons. The third kappa shape index (κ3) is 9.89. The minimum atomic E-state index is -0.456. The van der Waals surface area contributed by atoms with E-state index < -0.39 is 12.1 Å². The monoisotopic (exact) mass is 570 g/mol. The molecule has 0 bridgehead atoms. The Labute approximate surface area is 234 Å². The summed E-state index contributed by atoms with van der Waals surface area (Å²) in [6, 6.07) is -1.34. The SMILES string of the molecule is O=NN(C(=O)NC1CCC(O)CC1)C1CCC(O)CC1.O=NN(C(=O)NC1CCC(O)CC1)C1CCC(O)CC1. The van der Waals surface area contributed by atoms with E-state index in [1.165, 1.54) is 0 Å². The van der Waals surface area contributed by atoms with Crippen molar-refractivity contribution in [2.45, 2.75) is 151 Å². The first-order chi connectivity index (χ1) is 19.2. The Morgan fingerprint density at radius 1 is 0.475 bits per heavy atom. The van der Waals surface area contributed by atoms with Gasteiger partial charge >= 0.3 is 12.1 Å². The Morgan fingerprint density at radius 2 is 0.725 bits per heavy atom. The summed E-state index contributed by atoms with van der Waals surface area (Å²) in [5, 5.41) is 51.1. The molecule has 0 heterocycles. The second-order valence-electron chi connectivity index (χ2n) is 11.7. The van der Waals surface area contributed by atoms with Crippen molar-refractivity contribution in [3.63, 3.8) is 0 Å². The van der Waals surface area contributed by atoms with Gasteiger partial charge in [0, 0.05) is 12.1 Å². The smallest absolute Gasteiger partial charge is 0.340 e. The summed E-state index contributed by atoms with van der Waals surface area (Å²) >= 11 is 0. The van der Waals surface area contributed by atoms with E-state index in [1.807, 2.05) is 0 Å². The number of nitrogens with zero attached hydrogens (tertiary/aromatic N) is 4. The molecule has 0 aliphatic heterocycles. The predicted octanol–water partition coefficient (Wildman–Crippen LogP) is 2.57. The molecule has 4 fully saturated rings. The zero-order valence-electron chi connectivity index (χ0n) is 23.1. The van der Waals surface area contributed by atoms with Crippen LogP contribution in [0.5, 0.6) is 0 Å². The molecule has 4 rings (SSSR count). The fourth-order valence-electron chi connectivity index (χ4n) is 6.07. The van der Waals surface area contributed by atoms with Crippen molar-refractivity contribution in [3.8, 4) is 0 Å². The van der Waals surface area contributed by atoms with E-state index in [4.69, 9.17) is 0 Å². The molecule has 4 aliphatic rings. The molecule has 0 aromatic carbocycles. The van der Waals surface area contributed by atoms with Gasteiger partial charge in [-0.3, -0.25) is 0 Å². The highest BCUT2D eigenvalue weighted by atomic mass is 16.3. The van der Waals surface area contributed by atoms with E-state index in [-0.39, 0.29) is 48.6 Å². The second kappa shape index (κ2) is 16.1. The largest absolute Gasteiger partial charge is 0.393 e. The van der Waals surface area contributed by atoms with E-state index in [2.05, 4.69) is 21.2 Å². The zero-order chi connectivity index (χ0) is 29.1. The molecule has 0 unspecified atom stereocenters. The summed E-state index contributed by atoms with van der Waals surface area (Å²) in [6.45, 7) is 0. The van der Waals surface area contributed by atoms with Crippen LogP contribution in [0.15, 0.2) is 10.6 Å². The maximum absolute atomic E-state index is 12.1. The Hall–Kier alpha value is -2.42. The molecule has 4 saturated carbocycles. The van der Waals surface area contributed by atoms with E-state index in [9.17, 15) is 39.8 Å². The van der Waals surface area contributed by atoms with Crippen LogP contribution in [-0.2, 0) is 0 Å². The number of aliphatic hydroxyl groups excluding tert-OH is 4. The Kier molecular flexibility index (Phi) is 12.9. The molecule has 0 atom stereocenters. The van der Waals surface area contributed by atoms with E-state index in [1.54, 1.807) is 0 Å². The van der Waals surface area contributed by atoms with Gasteiger partial charge in [0.05, 0.1) is 47.1 Å². The molecule has 14 nitrogen and oxygen atoms in total. The summed E-state index contributed by atoms with van der Waals surface area (Å²) in [5.41, 5.74) is 0. The quantitative estimate of drug-likeness (QED) is 0.206. The minimum Gasteiger partial charge on any atom is -0.393 e. The molecule has 4 amide bonds. The van der Waals surface area contributed by atoms with E-state index >= 15 is 0 Å². The average Bonchev–Trinajstić information content (AvgIpc) is 2.94.